The maximum Gasteiger partial charge on any atom is 0.262 e. The maximum absolute atomic E-state index is 11.6. The number of hydrogen-bond acceptors (Lipinski definition) is 2. The first kappa shape index (κ1) is 10.4. The van der Waals surface area contributed by atoms with Crippen LogP contribution in [0.5, 0.6) is 0 Å². The van der Waals surface area contributed by atoms with Crippen molar-refractivity contribution in [2.45, 2.75) is 19.4 Å². The molecule has 1 aliphatic rings. The van der Waals surface area contributed by atoms with E-state index in [-0.39, 0.29) is 17.5 Å². The molecular weight excluding hydrogens is 200 g/mol. The second-order valence-electron chi connectivity index (χ2n) is 3.91. The van der Waals surface area contributed by atoms with Crippen LogP contribution < -0.4 is 5.32 Å². The average molecular weight is 212 g/mol. The normalized spacial score (nSPS) is 20.2. The number of amides is 1. The molecule has 0 saturated heterocycles. The third kappa shape index (κ3) is 1.82. The lowest BCUT2D eigenvalue weighted by molar-refractivity contribution is -0.117. The fourth-order valence-corrected chi connectivity index (χ4v) is 1.91. The maximum atomic E-state index is 11.6. The highest BCUT2D eigenvalue weighted by atomic mass is 16.1. The molecule has 0 bridgehead atoms. The monoisotopic (exact) mass is 212 g/mol. The number of benzene rings is 1. The molecule has 1 N–H and O–H groups in total. The van der Waals surface area contributed by atoms with Gasteiger partial charge in [-0.2, -0.15) is 5.26 Å². The molecule has 1 heterocycles. The van der Waals surface area contributed by atoms with Crippen LogP contribution in [0.2, 0.25) is 0 Å². The van der Waals surface area contributed by atoms with Crippen molar-refractivity contribution in [3.8, 4) is 6.07 Å². The van der Waals surface area contributed by atoms with Gasteiger partial charge in [0.2, 0.25) is 0 Å². The van der Waals surface area contributed by atoms with Crippen molar-refractivity contribution in [1.82, 2.24) is 5.32 Å². The van der Waals surface area contributed by atoms with Gasteiger partial charge in [0.1, 0.15) is 11.6 Å². The zero-order valence-corrected chi connectivity index (χ0v) is 9.03. The lowest BCUT2D eigenvalue weighted by Crippen LogP contribution is -2.37. The fraction of sp³-hybridized carbons (Fsp3) is 0.231. The molecule has 1 aromatic rings. The van der Waals surface area contributed by atoms with Gasteiger partial charge in [-0.15, -0.1) is 0 Å². The summed E-state index contributed by atoms with van der Waals surface area (Å²) in [6, 6.07) is 11.7. The van der Waals surface area contributed by atoms with E-state index < -0.39 is 0 Å². The Morgan fingerprint density at radius 3 is 2.69 bits per heavy atom. The topological polar surface area (TPSA) is 52.9 Å². The molecule has 1 aliphatic heterocycles. The van der Waals surface area contributed by atoms with Gasteiger partial charge >= 0.3 is 0 Å². The molecule has 0 fully saturated rings. The number of nitrogens with one attached hydrogen (secondary N) is 1. The van der Waals surface area contributed by atoms with Gasteiger partial charge in [-0.05, 0) is 24.5 Å². The largest absolute Gasteiger partial charge is 0.349 e. The number of rotatable bonds is 1. The highest BCUT2D eigenvalue weighted by molar-refractivity contribution is 6.06. The predicted octanol–water partition coefficient (Wildman–Crippen LogP) is 1.87. The van der Waals surface area contributed by atoms with Gasteiger partial charge in [0, 0.05) is 6.04 Å². The van der Waals surface area contributed by atoms with E-state index >= 15 is 0 Å². The molecule has 1 amide bonds. The molecule has 3 nitrogen and oxygen atoms in total. The van der Waals surface area contributed by atoms with Crippen LogP contribution in [-0.2, 0) is 4.79 Å². The van der Waals surface area contributed by atoms with Crippen molar-refractivity contribution in [1.29, 1.82) is 5.26 Å². The quantitative estimate of drug-likeness (QED) is 0.772. The smallest absolute Gasteiger partial charge is 0.262 e. The van der Waals surface area contributed by atoms with E-state index in [9.17, 15) is 4.79 Å². The van der Waals surface area contributed by atoms with Crippen molar-refractivity contribution in [3.05, 3.63) is 41.5 Å². The van der Waals surface area contributed by atoms with E-state index in [1.807, 2.05) is 43.3 Å². The van der Waals surface area contributed by atoms with Crippen LogP contribution in [0.4, 0.5) is 0 Å². The van der Waals surface area contributed by atoms with E-state index in [1.54, 1.807) is 0 Å². The van der Waals surface area contributed by atoms with E-state index in [1.165, 1.54) is 0 Å². The molecule has 1 unspecified atom stereocenters. The highest BCUT2D eigenvalue weighted by Crippen LogP contribution is 2.26. The summed E-state index contributed by atoms with van der Waals surface area (Å²) in [4.78, 5) is 11.6. The fourth-order valence-electron chi connectivity index (χ4n) is 1.91. The standard InChI is InChI=1S/C13H12N2O/c1-9-7-11(10-5-3-2-4-6-10)12(8-14)13(16)15-9/h2-6,9H,7H2,1H3,(H,15,16). The minimum absolute atomic E-state index is 0.0832. The summed E-state index contributed by atoms with van der Waals surface area (Å²) in [7, 11) is 0. The summed E-state index contributed by atoms with van der Waals surface area (Å²) in [5.41, 5.74) is 2.05. The second kappa shape index (κ2) is 4.19. The predicted molar refractivity (Wildman–Crippen MR) is 61.2 cm³/mol. The third-order valence-corrected chi connectivity index (χ3v) is 2.65. The van der Waals surface area contributed by atoms with Crippen LogP contribution in [0.25, 0.3) is 5.57 Å². The van der Waals surface area contributed by atoms with Gasteiger partial charge in [0.15, 0.2) is 0 Å². The molecule has 0 aromatic heterocycles. The molecule has 80 valence electrons. The van der Waals surface area contributed by atoms with Crippen molar-refractivity contribution in [3.63, 3.8) is 0 Å². The molecule has 16 heavy (non-hydrogen) atoms. The molecule has 0 radical (unpaired) electrons. The van der Waals surface area contributed by atoms with Crippen LogP contribution in [0.3, 0.4) is 0 Å². The van der Waals surface area contributed by atoms with Crippen molar-refractivity contribution >= 4 is 11.5 Å². The number of nitrogens with zero attached hydrogens (tertiary/aromatic N) is 1. The first-order valence-corrected chi connectivity index (χ1v) is 5.22. The summed E-state index contributed by atoms with van der Waals surface area (Å²) in [5, 5.41) is 11.8. The molecule has 0 saturated carbocycles. The van der Waals surface area contributed by atoms with Crippen molar-refractivity contribution < 1.29 is 4.79 Å². The summed E-state index contributed by atoms with van der Waals surface area (Å²) in [6.45, 7) is 1.94. The molecule has 2 rings (SSSR count). The van der Waals surface area contributed by atoms with Crippen molar-refractivity contribution in [2.75, 3.05) is 0 Å². The van der Waals surface area contributed by atoms with Gasteiger partial charge in [-0.3, -0.25) is 4.79 Å². The van der Waals surface area contributed by atoms with E-state index in [0.29, 0.717) is 6.42 Å². The van der Waals surface area contributed by atoms with Crippen molar-refractivity contribution in [2.24, 2.45) is 0 Å². The minimum Gasteiger partial charge on any atom is -0.349 e. The van der Waals surface area contributed by atoms with Gasteiger partial charge in [0.25, 0.3) is 5.91 Å². The third-order valence-electron chi connectivity index (χ3n) is 2.65. The summed E-state index contributed by atoms with van der Waals surface area (Å²) >= 11 is 0. The zero-order valence-electron chi connectivity index (χ0n) is 9.03. The Morgan fingerprint density at radius 2 is 2.06 bits per heavy atom. The van der Waals surface area contributed by atoms with E-state index in [2.05, 4.69) is 5.32 Å². The first-order chi connectivity index (χ1) is 7.72. The summed E-state index contributed by atoms with van der Waals surface area (Å²) in [5.74, 6) is -0.264. The van der Waals surface area contributed by atoms with Crippen LogP contribution in [0.15, 0.2) is 35.9 Å². The van der Waals surface area contributed by atoms with Gasteiger partial charge in [-0.1, -0.05) is 30.3 Å². The average Bonchev–Trinajstić information content (AvgIpc) is 2.29. The molecular formula is C13H12N2O. The Bertz CT molecular complexity index is 482. The van der Waals surface area contributed by atoms with Crippen LogP contribution in [-0.4, -0.2) is 11.9 Å². The highest BCUT2D eigenvalue weighted by Gasteiger charge is 2.24. The molecule has 1 aromatic carbocycles. The molecule has 3 heteroatoms. The Labute approximate surface area is 94.4 Å². The minimum atomic E-state index is -0.264. The number of nitriles is 1. The number of hydrogen-bond donors (Lipinski definition) is 1. The second-order valence-corrected chi connectivity index (χ2v) is 3.91. The number of carbonyl (C=O) groups excluding carboxylic acids is 1. The van der Waals surface area contributed by atoms with Crippen LogP contribution >= 0.6 is 0 Å². The zero-order chi connectivity index (χ0) is 11.5. The first-order valence-electron chi connectivity index (χ1n) is 5.22. The Morgan fingerprint density at radius 1 is 1.38 bits per heavy atom. The molecule has 1 atom stereocenters. The van der Waals surface area contributed by atoms with Crippen LogP contribution in [0.1, 0.15) is 18.9 Å². The summed E-state index contributed by atoms with van der Waals surface area (Å²) in [6.07, 6.45) is 0.707. The van der Waals surface area contributed by atoms with Crippen LogP contribution in [0, 0.1) is 11.3 Å². The van der Waals surface area contributed by atoms with E-state index in [4.69, 9.17) is 5.26 Å². The van der Waals surface area contributed by atoms with Gasteiger partial charge in [0.05, 0.1) is 0 Å². The van der Waals surface area contributed by atoms with Gasteiger partial charge < -0.3 is 5.32 Å². The Kier molecular flexibility index (Phi) is 2.74. The molecule has 0 spiro atoms. The lowest BCUT2D eigenvalue weighted by atomic mass is 9.91. The lowest BCUT2D eigenvalue weighted by Gasteiger charge is -2.22. The SMILES string of the molecule is CC1CC(c2ccccc2)=C(C#N)C(=O)N1. The summed E-state index contributed by atoms with van der Waals surface area (Å²) < 4.78 is 0. The Hall–Kier alpha value is -2.08. The van der Waals surface area contributed by atoms with E-state index in [0.717, 1.165) is 11.1 Å². The molecule has 0 aliphatic carbocycles. The number of carbonyl (C=O) groups is 1. The van der Waals surface area contributed by atoms with Gasteiger partial charge in [-0.25, -0.2) is 0 Å². The Balaban J connectivity index is 2.52.